The fraction of sp³-hybridized carbons (Fsp3) is 0.300. The van der Waals surface area contributed by atoms with Crippen molar-refractivity contribution in [2.45, 2.75) is 57.7 Å². The highest BCUT2D eigenvalue weighted by Gasteiger charge is 2.31. The second-order valence-corrected chi connectivity index (χ2v) is 12.5. The number of anilines is 1. The number of carbonyl (C=O) groups excluding carboxylic acids is 2. The van der Waals surface area contributed by atoms with E-state index >= 15 is 0 Å². The largest absolute Gasteiger partial charge is 0.288 e. The number of imidazole rings is 1. The Bertz CT molecular complexity index is 1390. The molecule has 0 radical (unpaired) electrons. The van der Waals surface area contributed by atoms with E-state index in [-0.39, 0.29) is 16.6 Å². The van der Waals surface area contributed by atoms with E-state index < -0.39 is 11.8 Å². The molecule has 0 N–H and O–H groups in total. The Morgan fingerprint density at radius 1 is 0.784 bits per heavy atom. The van der Waals surface area contributed by atoms with Crippen molar-refractivity contribution in [1.29, 1.82) is 0 Å². The molecular weight excluding hydrogens is 594 g/mol. The summed E-state index contributed by atoms with van der Waals surface area (Å²) >= 11 is 7.15. The molecule has 4 rings (SSSR count). The van der Waals surface area contributed by atoms with Crippen LogP contribution in [0.25, 0.3) is 5.65 Å². The van der Waals surface area contributed by atoms with E-state index in [1.807, 2.05) is 46.9 Å². The van der Waals surface area contributed by atoms with Crippen LogP contribution in [0.3, 0.4) is 0 Å². The number of aromatic nitrogens is 2. The highest BCUT2D eigenvalue weighted by Crippen LogP contribution is 2.32. The Labute approximate surface area is 235 Å². The molecule has 192 valence electrons. The third-order valence-corrected chi connectivity index (χ3v) is 7.69. The molecule has 4 aromatic rings. The smallest absolute Gasteiger partial charge is 0.266 e. The zero-order chi connectivity index (χ0) is 27.1. The highest BCUT2D eigenvalue weighted by atomic mass is 79.9. The van der Waals surface area contributed by atoms with Gasteiger partial charge in [-0.2, -0.15) is 0 Å². The van der Waals surface area contributed by atoms with Gasteiger partial charge >= 0.3 is 0 Å². The minimum Gasteiger partial charge on any atom is -0.288 e. The van der Waals surface area contributed by atoms with Gasteiger partial charge in [0.25, 0.3) is 11.8 Å². The van der Waals surface area contributed by atoms with E-state index in [0.29, 0.717) is 26.7 Å². The lowest BCUT2D eigenvalue weighted by Crippen LogP contribution is -2.37. The zero-order valence-electron chi connectivity index (χ0n) is 22.0. The van der Waals surface area contributed by atoms with Crippen molar-refractivity contribution in [2.75, 3.05) is 4.90 Å². The van der Waals surface area contributed by atoms with Gasteiger partial charge in [0.2, 0.25) is 0 Å². The van der Waals surface area contributed by atoms with Gasteiger partial charge in [-0.05, 0) is 74.3 Å². The van der Waals surface area contributed by atoms with E-state index in [9.17, 15) is 9.59 Å². The quantitative estimate of drug-likeness (QED) is 0.170. The van der Waals surface area contributed by atoms with Gasteiger partial charge in [-0.1, -0.05) is 87.8 Å². The van der Waals surface area contributed by atoms with Crippen molar-refractivity contribution in [3.8, 4) is 0 Å². The first-order valence-corrected chi connectivity index (χ1v) is 14.1. The molecule has 0 unspecified atom stereocenters. The Kier molecular flexibility index (Phi) is 7.50. The normalized spacial score (nSPS) is 12.1. The molecule has 0 aliphatic rings. The Balaban J connectivity index is 1.85. The molecule has 2 amide bonds. The third kappa shape index (κ3) is 5.43. The molecule has 0 saturated heterocycles. The number of nitrogens with zero attached hydrogens (tertiary/aromatic N) is 3. The molecule has 5 nitrogen and oxygen atoms in total. The number of fused-ring (bicyclic) bond motifs is 1. The standard InChI is InChI=1S/C30H31Br2N3O2/c1-29(2,3)21-14-10-19(11-15-21)27(36)35(28(37)20-12-16-22(17-13-20)30(4,5)6)26-25(32)34-23(18-31)8-7-9-24(34)33-26/h7-17H,18H2,1-6H3. The minimum atomic E-state index is -0.435. The molecular formula is C30H31Br2N3O2. The summed E-state index contributed by atoms with van der Waals surface area (Å²) in [7, 11) is 0. The number of rotatable bonds is 4. The van der Waals surface area contributed by atoms with Crippen molar-refractivity contribution in [2.24, 2.45) is 0 Å². The maximum Gasteiger partial charge on any atom is 0.266 e. The van der Waals surface area contributed by atoms with Crippen LogP contribution in [0.5, 0.6) is 0 Å². The predicted octanol–water partition coefficient (Wildman–Crippen LogP) is 8.07. The predicted molar refractivity (Wildman–Crippen MR) is 157 cm³/mol. The van der Waals surface area contributed by atoms with Gasteiger partial charge in [0.05, 0.1) is 0 Å². The molecule has 0 bridgehead atoms. The summed E-state index contributed by atoms with van der Waals surface area (Å²) in [4.78, 5) is 33.8. The van der Waals surface area contributed by atoms with E-state index in [2.05, 4.69) is 73.4 Å². The lowest BCUT2D eigenvalue weighted by atomic mass is 9.86. The summed E-state index contributed by atoms with van der Waals surface area (Å²) in [6, 6.07) is 20.6. The fourth-order valence-electron chi connectivity index (χ4n) is 4.12. The lowest BCUT2D eigenvalue weighted by molar-refractivity contribution is 0.0896. The summed E-state index contributed by atoms with van der Waals surface area (Å²) in [5, 5.41) is 0.586. The number of imide groups is 1. The number of benzene rings is 2. The molecule has 2 aromatic heterocycles. The first-order valence-electron chi connectivity index (χ1n) is 12.1. The van der Waals surface area contributed by atoms with Crippen molar-refractivity contribution in [1.82, 2.24) is 9.38 Å². The zero-order valence-corrected chi connectivity index (χ0v) is 25.1. The van der Waals surface area contributed by atoms with Gasteiger partial charge in [0, 0.05) is 22.2 Å². The minimum absolute atomic E-state index is 0.0530. The summed E-state index contributed by atoms with van der Waals surface area (Å²) in [6.07, 6.45) is 0. The maximum atomic E-state index is 14.0. The van der Waals surface area contributed by atoms with E-state index in [1.54, 1.807) is 24.3 Å². The average Bonchev–Trinajstić information content (AvgIpc) is 3.19. The highest BCUT2D eigenvalue weighted by molar-refractivity contribution is 9.10. The molecule has 2 aromatic carbocycles. The average molecular weight is 625 g/mol. The molecule has 7 heteroatoms. The van der Waals surface area contributed by atoms with Gasteiger partial charge in [-0.3, -0.25) is 14.0 Å². The van der Waals surface area contributed by atoms with Crippen LogP contribution in [-0.4, -0.2) is 21.2 Å². The number of hydrogen-bond acceptors (Lipinski definition) is 3. The topological polar surface area (TPSA) is 54.7 Å². The van der Waals surface area contributed by atoms with Crippen LogP contribution in [-0.2, 0) is 16.2 Å². The Morgan fingerprint density at radius 2 is 1.24 bits per heavy atom. The number of alkyl halides is 1. The first kappa shape index (κ1) is 27.3. The number of amides is 2. The summed E-state index contributed by atoms with van der Waals surface area (Å²) < 4.78 is 2.43. The van der Waals surface area contributed by atoms with Crippen LogP contribution in [0.4, 0.5) is 5.82 Å². The van der Waals surface area contributed by atoms with Crippen LogP contribution in [0, 0.1) is 0 Å². The molecule has 0 aliphatic heterocycles. The van der Waals surface area contributed by atoms with Crippen LogP contribution in [0.2, 0.25) is 0 Å². The molecule has 0 fully saturated rings. The number of pyridine rings is 1. The van der Waals surface area contributed by atoms with Crippen LogP contribution in [0.15, 0.2) is 71.3 Å². The lowest BCUT2D eigenvalue weighted by Gasteiger charge is -2.22. The van der Waals surface area contributed by atoms with Crippen molar-refractivity contribution in [3.63, 3.8) is 0 Å². The second kappa shape index (κ2) is 10.2. The number of hydrogen-bond donors (Lipinski definition) is 0. The van der Waals surface area contributed by atoms with Crippen molar-refractivity contribution in [3.05, 3.63) is 99.3 Å². The summed E-state index contributed by atoms with van der Waals surface area (Å²) in [5.41, 5.74) is 4.51. The third-order valence-electron chi connectivity index (χ3n) is 6.40. The Morgan fingerprint density at radius 3 is 1.65 bits per heavy atom. The maximum absolute atomic E-state index is 14.0. The van der Waals surface area contributed by atoms with Crippen LogP contribution < -0.4 is 4.90 Å². The second-order valence-electron chi connectivity index (χ2n) is 11.2. The van der Waals surface area contributed by atoms with Gasteiger partial charge in [-0.15, -0.1) is 0 Å². The summed E-state index contributed by atoms with van der Waals surface area (Å²) in [5.74, 6) is -0.618. The monoisotopic (exact) mass is 623 g/mol. The van der Waals surface area contributed by atoms with Crippen molar-refractivity contribution >= 4 is 55.1 Å². The SMILES string of the molecule is CC(C)(C)c1ccc(C(=O)N(C(=O)c2ccc(C(C)(C)C)cc2)c2nc3cccc(CBr)n3c2Br)cc1. The number of halogens is 2. The summed E-state index contributed by atoms with van der Waals surface area (Å²) in [6.45, 7) is 12.7. The van der Waals surface area contributed by atoms with E-state index in [0.717, 1.165) is 16.8 Å². The Hall–Kier alpha value is -2.77. The fourth-order valence-corrected chi connectivity index (χ4v) is 5.24. The molecule has 0 atom stereocenters. The first-order chi connectivity index (χ1) is 17.3. The van der Waals surface area contributed by atoms with Gasteiger partial charge in [-0.25, -0.2) is 9.88 Å². The van der Waals surface area contributed by atoms with Gasteiger partial charge in [0.1, 0.15) is 10.3 Å². The number of carbonyl (C=O) groups is 2. The van der Waals surface area contributed by atoms with E-state index in [1.165, 1.54) is 4.90 Å². The molecule has 0 spiro atoms. The molecule has 37 heavy (non-hydrogen) atoms. The van der Waals surface area contributed by atoms with Crippen LogP contribution >= 0.6 is 31.9 Å². The van der Waals surface area contributed by atoms with Gasteiger partial charge in [0.15, 0.2) is 5.82 Å². The molecule has 0 aliphatic carbocycles. The van der Waals surface area contributed by atoms with Crippen molar-refractivity contribution < 1.29 is 9.59 Å². The molecule has 0 saturated carbocycles. The molecule has 2 heterocycles. The van der Waals surface area contributed by atoms with Gasteiger partial charge < -0.3 is 0 Å². The van der Waals surface area contributed by atoms with Crippen LogP contribution in [0.1, 0.15) is 79.1 Å². The van der Waals surface area contributed by atoms with E-state index in [4.69, 9.17) is 4.98 Å².